The third kappa shape index (κ3) is 1.01. The molecule has 0 radical (unpaired) electrons. The monoisotopic (exact) mass is 134 g/mol. The lowest BCUT2D eigenvalue weighted by Gasteiger charge is -2.05. The summed E-state index contributed by atoms with van der Waals surface area (Å²) in [4.78, 5) is 0. The van der Waals surface area contributed by atoms with Crippen LogP contribution in [0.4, 0.5) is 0 Å². The lowest BCUT2D eigenvalue weighted by molar-refractivity contribution is 0.471. The molecule has 0 saturated carbocycles. The van der Waals surface area contributed by atoms with Gasteiger partial charge in [0.25, 0.3) is 0 Å². The molecule has 0 aliphatic carbocycles. The summed E-state index contributed by atoms with van der Waals surface area (Å²) in [6.07, 6.45) is 0. The Hall–Kier alpha value is -0.915. The number of aryl methyl sites for hydroxylation is 1. The number of hydrogen-bond acceptors (Lipinski definition) is 1. The molecule has 0 amide bonds. The van der Waals surface area contributed by atoms with Crippen molar-refractivity contribution in [3.63, 3.8) is 0 Å². The fraction of sp³-hybridized carbons (Fsp3) is 0.250. The number of rotatable bonds is 0. The van der Waals surface area contributed by atoms with Gasteiger partial charge in [0.2, 0.25) is 0 Å². The lowest BCUT2D eigenvalue weighted by Crippen LogP contribution is -2.10. The number of hydrogen-bond donors (Lipinski definition) is 1. The van der Waals surface area contributed by atoms with E-state index in [2.05, 4.69) is 0 Å². The summed E-state index contributed by atoms with van der Waals surface area (Å²) < 4.78 is 0. The first-order chi connectivity index (χ1) is 4.63. The van der Waals surface area contributed by atoms with E-state index >= 15 is 0 Å². The Balaban J connectivity index is 3.34. The van der Waals surface area contributed by atoms with Gasteiger partial charge in [-0.2, -0.15) is 0 Å². The van der Waals surface area contributed by atoms with Crippen molar-refractivity contribution >= 4 is 13.3 Å². The summed E-state index contributed by atoms with van der Waals surface area (Å²) >= 11 is 0. The fourth-order valence-corrected chi connectivity index (χ4v) is 0.942. The normalized spacial score (nSPS) is 9.80. The predicted molar refractivity (Wildman–Crippen MR) is 45.8 cm³/mol. The fourth-order valence-electron chi connectivity index (χ4n) is 0.942. The largest absolute Gasteiger partial charge is 0.508 e. The third-order valence-corrected chi connectivity index (χ3v) is 2.03. The van der Waals surface area contributed by atoms with Gasteiger partial charge in [0.15, 0.2) is 0 Å². The van der Waals surface area contributed by atoms with E-state index in [1.54, 1.807) is 6.07 Å². The highest BCUT2D eigenvalue weighted by Gasteiger charge is 1.99. The molecule has 52 valence electrons. The van der Waals surface area contributed by atoms with Crippen LogP contribution in [0.2, 0.25) is 0 Å². The highest BCUT2D eigenvalue weighted by Crippen LogP contribution is 2.12. The van der Waals surface area contributed by atoms with Gasteiger partial charge in [-0.25, -0.2) is 0 Å². The quantitative estimate of drug-likeness (QED) is 0.505. The molecule has 0 spiro atoms. The zero-order chi connectivity index (χ0) is 7.72. The lowest BCUT2D eigenvalue weighted by atomic mass is 9.86. The van der Waals surface area contributed by atoms with Crippen LogP contribution in [0.3, 0.4) is 0 Å². The van der Waals surface area contributed by atoms with Gasteiger partial charge < -0.3 is 5.11 Å². The van der Waals surface area contributed by atoms with E-state index < -0.39 is 0 Å². The highest BCUT2D eigenvalue weighted by atomic mass is 16.3. The second kappa shape index (κ2) is 2.37. The average molecular weight is 134 g/mol. The molecule has 10 heavy (non-hydrogen) atoms. The SMILES string of the molecule is Bc1c(C)ccc(O)c1C. The van der Waals surface area contributed by atoms with Crippen molar-refractivity contribution in [3.8, 4) is 5.75 Å². The van der Waals surface area contributed by atoms with Gasteiger partial charge >= 0.3 is 0 Å². The van der Waals surface area contributed by atoms with E-state index in [-0.39, 0.29) is 0 Å². The summed E-state index contributed by atoms with van der Waals surface area (Å²) in [7, 11) is 2.02. The Bertz CT molecular complexity index is 229. The van der Waals surface area contributed by atoms with Crippen LogP contribution in [0.1, 0.15) is 11.1 Å². The van der Waals surface area contributed by atoms with Crippen molar-refractivity contribution in [2.75, 3.05) is 0 Å². The van der Waals surface area contributed by atoms with Crippen molar-refractivity contribution in [3.05, 3.63) is 23.3 Å². The second-order valence-electron chi connectivity index (χ2n) is 2.65. The summed E-state index contributed by atoms with van der Waals surface area (Å²) in [5.41, 5.74) is 3.40. The molecule has 0 fully saturated rings. The third-order valence-electron chi connectivity index (χ3n) is 2.03. The van der Waals surface area contributed by atoms with Crippen molar-refractivity contribution in [1.29, 1.82) is 0 Å². The van der Waals surface area contributed by atoms with Crippen LogP contribution >= 0.6 is 0 Å². The first-order valence-electron chi connectivity index (χ1n) is 3.38. The van der Waals surface area contributed by atoms with Gasteiger partial charge in [-0.15, -0.1) is 0 Å². The Labute approximate surface area is 62.1 Å². The maximum absolute atomic E-state index is 9.22. The van der Waals surface area contributed by atoms with E-state index in [1.807, 2.05) is 27.8 Å². The van der Waals surface area contributed by atoms with Gasteiger partial charge in [0.1, 0.15) is 13.6 Å². The van der Waals surface area contributed by atoms with Gasteiger partial charge in [-0.05, 0) is 25.5 Å². The average Bonchev–Trinajstić information content (AvgIpc) is 1.93. The Kier molecular flexibility index (Phi) is 1.71. The molecule has 1 N–H and O–H groups in total. The van der Waals surface area contributed by atoms with Crippen molar-refractivity contribution in [2.45, 2.75) is 13.8 Å². The van der Waals surface area contributed by atoms with Crippen LogP contribution in [-0.4, -0.2) is 13.0 Å². The van der Waals surface area contributed by atoms with Crippen LogP contribution in [0.15, 0.2) is 12.1 Å². The molecule has 1 nitrogen and oxygen atoms in total. The molecule has 2 heteroatoms. The van der Waals surface area contributed by atoms with Crippen LogP contribution in [0, 0.1) is 13.8 Å². The van der Waals surface area contributed by atoms with Crippen LogP contribution in [-0.2, 0) is 0 Å². The standard InChI is InChI=1S/C8H11BO/c1-5-3-4-7(10)6(2)8(5)9/h3-4,10H,9H2,1-2H3. The zero-order valence-corrected chi connectivity index (χ0v) is 6.60. The molecule has 0 aliphatic rings. The minimum atomic E-state index is 0.392. The maximum atomic E-state index is 9.22. The van der Waals surface area contributed by atoms with Gasteiger partial charge in [0.05, 0.1) is 0 Å². The minimum absolute atomic E-state index is 0.392. The Morgan fingerprint density at radius 1 is 1.30 bits per heavy atom. The summed E-state index contributed by atoms with van der Waals surface area (Å²) in [5, 5.41) is 9.22. The first-order valence-corrected chi connectivity index (χ1v) is 3.38. The number of aromatic hydroxyl groups is 1. The molecule has 0 heterocycles. The van der Waals surface area contributed by atoms with E-state index in [0.29, 0.717) is 5.75 Å². The van der Waals surface area contributed by atoms with E-state index in [0.717, 1.165) is 5.56 Å². The van der Waals surface area contributed by atoms with Crippen LogP contribution < -0.4 is 5.46 Å². The number of phenols is 1. The highest BCUT2D eigenvalue weighted by molar-refractivity contribution is 6.34. The van der Waals surface area contributed by atoms with Gasteiger partial charge in [0, 0.05) is 0 Å². The van der Waals surface area contributed by atoms with Crippen LogP contribution in [0.25, 0.3) is 0 Å². The van der Waals surface area contributed by atoms with E-state index in [4.69, 9.17) is 0 Å². The first kappa shape index (κ1) is 7.20. The Morgan fingerprint density at radius 2 is 1.90 bits per heavy atom. The molecular formula is C8H11BO. The molecule has 0 atom stereocenters. The van der Waals surface area contributed by atoms with Gasteiger partial charge in [-0.3, -0.25) is 0 Å². The molecule has 0 saturated heterocycles. The van der Waals surface area contributed by atoms with Crippen LogP contribution in [0.5, 0.6) is 5.75 Å². The molecule has 0 bridgehead atoms. The van der Waals surface area contributed by atoms with Crippen molar-refractivity contribution in [1.82, 2.24) is 0 Å². The molecule has 1 rings (SSSR count). The topological polar surface area (TPSA) is 20.2 Å². The predicted octanol–water partition coefficient (Wildman–Crippen LogP) is 0.267. The van der Waals surface area contributed by atoms with E-state index in [9.17, 15) is 5.11 Å². The maximum Gasteiger partial charge on any atom is 0.140 e. The molecule has 1 aromatic rings. The second-order valence-corrected chi connectivity index (χ2v) is 2.65. The molecule has 0 unspecified atom stereocenters. The summed E-state index contributed by atoms with van der Waals surface area (Å²) in [5.74, 6) is 0.392. The number of benzene rings is 1. The molecule has 0 aliphatic heterocycles. The van der Waals surface area contributed by atoms with Crippen molar-refractivity contribution in [2.24, 2.45) is 0 Å². The smallest absolute Gasteiger partial charge is 0.140 e. The molecule has 1 aromatic carbocycles. The summed E-state index contributed by atoms with van der Waals surface area (Å²) in [6.45, 7) is 3.97. The minimum Gasteiger partial charge on any atom is -0.508 e. The Morgan fingerprint density at radius 3 is 2.40 bits per heavy atom. The van der Waals surface area contributed by atoms with Crippen molar-refractivity contribution < 1.29 is 5.11 Å². The summed E-state index contributed by atoms with van der Waals surface area (Å²) in [6, 6.07) is 3.66. The zero-order valence-electron chi connectivity index (χ0n) is 6.60. The number of phenolic OH excluding ortho intramolecular Hbond substituents is 1. The van der Waals surface area contributed by atoms with Gasteiger partial charge in [-0.1, -0.05) is 17.1 Å². The van der Waals surface area contributed by atoms with E-state index in [1.165, 1.54) is 11.0 Å². The molecular weight excluding hydrogens is 123 g/mol. The molecule has 0 aromatic heterocycles.